The first-order chi connectivity index (χ1) is 13.8. The third kappa shape index (κ3) is 3.87. The number of nitrogens with zero attached hydrogens (tertiary/aromatic N) is 4. The molecule has 10 heteroatoms. The fourth-order valence-electron chi connectivity index (χ4n) is 3.78. The average molecular weight is 403 g/mol. The molecule has 2 fully saturated rings. The number of hydrogen-bond donors (Lipinski definition) is 1. The van der Waals surface area contributed by atoms with E-state index in [9.17, 15) is 24.5 Å². The van der Waals surface area contributed by atoms with E-state index in [0.717, 1.165) is 10.6 Å². The van der Waals surface area contributed by atoms with Gasteiger partial charge in [-0.05, 0) is 25.0 Å². The average Bonchev–Trinajstić information content (AvgIpc) is 2.98. The molecule has 0 unspecified atom stereocenters. The number of imide groups is 1. The lowest BCUT2D eigenvalue weighted by Gasteiger charge is -2.36. The molecular weight excluding hydrogens is 378 g/mol. The van der Waals surface area contributed by atoms with Crippen LogP contribution in [0.15, 0.2) is 24.3 Å². The van der Waals surface area contributed by atoms with Gasteiger partial charge in [0.15, 0.2) is 0 Å². The number of amides is 4. The smallest absolute Gasteiger partial charge is 0.325 e. The van der Waals surface area contributed by atoms with Crippen LogP contribution >= 0.6 is 0 Å². The number of carbonyl (C=O) groups is 3. The fraction of sp³-hybridized carbons (Fsp3) is 0.526. The minimum absolute atomic E-state index is 0.0337. The highest BCUT2D eigenvalue weighted by molar-refractivity contribution is 6.09. The molecule has 156 valence electrons. The Balaban J connectivity index is 1.57. The van der Waals surface area contributed by atoms with Gasteiger partial charge in [0.1, 0.15) is 12.1 Å². The van der Waals surface area contributed by atoms with Crippen molar-refractivity contribution in [2.45, 2.75) is 32.2 Å². The molecule has 0 spiro atoms. The molecule has 4 amide bonds. The molecule has 0 saturated carbocycles. The van der Waals surface area contributed by atoms with Crippen LogP contribution in [0.1, 0.15) is 26.7 Å². The molecule has 2 heterocycles. The van der Waals surface area contributed by atoms with Crippen LogP contribution in [0.5, 0.6) is 0 Å². The van der Waals surface area contributed by atoms with E-state index in [2.05, 4.69) is 5.32 Å². The zero-order valence-corrected chi connectivity index (χ0v) is 16.6. The van der Waals surface area contributed by atoms with Crippen LogP contribution in [-0.2, 0) is 9.59 Å². The van der Waals surface area contributed by atoms with E-state index in [1.165, 1.54) is 12.1 Å². The number of nitro groups is 1. The summed E-state index contributed by atoms with van der Waals surface area (Å²) in [7, 11) is 0. The zero-order valence-electron chi connectivity index (χ0n) is 16.6. The molecule has 10 nitrogen and oxygen atoms in total. The van der Waals surface area contributed by atoms with E-state index in [1.807, 2.05) is 18.7 Å². The van der Waals surface area contributed by atoms with Gasteiger partial charge in [-0.3, -0.25) is 24.6 Å². The quantitative estimate of drug-likeness (QED) is 0.435. The van der Waals surface area contributed by atoms with E-state index in [4.69, 9.17) is 0 Å². The summed E-state index contributed by atoms with van der Waals surface area (Å²) in [5, 5.41) is 13.5. The molecule has 0 bridgehead atoms. The molecule has 0 aromatic heterocycles. The summed E-state index contributed by atoms with van der Waals surface area (Å²) in [5.41, 5.74) is -0.0229. The van der Waals surface area contributed by atoms with Crippen LogP contribution in [-0.4, -0.2) is 70.8 Å². The molecule has 0 atom stereocenters. The van der Waals surface area contributed by atoms with Gasteiger partial charge in [-0.25, -0.2) is 4.79 Å². The van der Waals surface area contributed by atoms with E-state index in [0.29, 0.717) is 39.0 Å². The van der Waals surface area contributed by atoms with Gasteiger partial charge in [-0.2, -0.15) is 0 Å². The monoisotopic (exact) mass is 403 g/mol. The molecule has 1 aromatic carbocycles. The molecule has 1 aromatic rings. The predicted octanol–water partition coefficient (Wildman–Crippen LogP) is 1.35. The largest absolute Gasteiger partial charge is 0.368 e. The number of urea groups is 1. The van der Waals surface area contributed by atoms with Crippen molar-refractivity contribution in [2.75, 3.05) is 37.6 Å². The maximum absolute atomic E-state index is 12.7. The van der Waals surface area contributed by atoms with Crippen LogP contribution < -0.4 is 10.2 Å². The summed E-state index contributed by atoms with van der Waals surface area (Å²) >= 11 is 0. The predicted molar refractivity (Wildman–Crippen MR) is 105 cm³/mol. The first-order valence-corrected chi connectivity index (χ1v) is 9.72. The topological polar surface area (TPSA) is 116 Å². The van der Waals surface area contributed by atoms with Gasteiger partial charge in [-0.15, -0.1) is 0 Å². The fourth-order valence-corrected chi connectivity index (χ4v) is 3.78. The van der Waals surface area contributed by atoms with Gasteiger partial charge in [0.2, 0.25) is 5.91 Å². The standard InChI is InChI=1S/C19H25N5O5/c1-3-19(4-2)17(26)23(18(27)20-19)13-16(25)22-11-9-21(10-12-22)14-5-7-15(8-6-14)24(28)29/h5-8H,3-4,9-13H2,1-2H3,(H,20,27). The number of hydrogen-bond acceptors (Lipinski definition) is 6. The van der Waals surface area contributed by atoms with Crippen molar-refractivity contribution < 1.29 is 19.3 Å². The summed E-state index contributed by atoms with van der Waals surface area (Å²) in [6.07, 6.45) is 0.958. The number of nitrogens with one attached hydrogen (secondary N) is 1. The summed E-state index contributed by atoms with van der Waals surface area (Å²) in [6, 6.07) is 5.78. The first kappa shape index (κ1) is 20.6. The zero-order chi connectivity index (χ0) is 21.2. The summed E-state index contributed by atoms with van der Waals surface area (Å²) in [6.45, 7) is 5.45. The summed E-state index contributed by atoms with van der Waals surface area (Å²) in [5.74, 6) is -0.606. The number of anilines is 1. The lowest BCUT2D eigenvalue weighted by atomic mass is 9.93. The second-order valence-corrected chi connectivity index (χ2v) is 7.25. The highest BCUT2D eigenvalue weighted by Crippen LogP contribution is 2.25. The lowest BCUT2D eigenvalue weighted by molar-refractivity contribution is -0.384. The van der Waals surface area contributed by atoms with Crippen LogP contribution in [0.25, 0.3) is 0 Å². The lowest BCUT2D eigenvalue weighted by Crippen LogP contribution is -2.52. The van der Waals surface area contributed by atoms with Gasteiger partial charge in [0.05, 0.1) is 4.92 Å². The minimum atomic E-state index is -0.911. The Morgan fingerprint density at radius 1 is 1.10 bits per heavy atom. The van der Waals surface area contributed by atoms with Crippen molar-refractivity contribution in [3.05, 3.63) is 34.4 Å². The SMILES string of the molecule is CCC1(CC)NC(=O)N(CC(=O)N2CCN(c3ccc([N+](=O)[O-])cc3)CC2)C1=O. The number of non-ortho nitro benzene ring substituents is 1. The number of rotatable bonds is 6. The van der Waals surface area contributed by atoms with E-state index in [-0.39, 0.29) is 24.0 Å². The Hall–Kier alpha value is -3.17. The maximum Gasteiger partial charge on any atom is 0.325 e. The summed E-state index contributed by atoms with van der Waals surface area (Å²) in [4.78, 5) is 52.5. The van der Waals surface area contributed by atoms with Crippen LogP contribution in [0.3, 0.4) is 0 Å². The van der Waals surface area contributed by atoms with Gasteiger partial charge in [0, 0.05) is 44.0 Å². The van der Waals surface area contributed by atoms with Gasteiger partial charge in [-0.1, -0.05) is 13.8 Å². The molecule has 3 rings (SSSR count). The third-order valence-electron chi connectivity index (χ3n) is 5.80. The number of benzene rings is 1. The van der Waals surface area contributed by atoms with Crippen LogP contribution in [0, 0.1) is 10.1 Å². The second kappa shape index (κ2) is 8.06. The highest BCUT2D eigenvalue weighted by atomic mass is 16.6. The Morgan fingerprint density at radius 2 is 1.69 bits per heavy atom. The van der Waals surface area contributed by atoms with Crippen molar-refractivity contribution in [3.63, 3.8) is 0 Å². The van der Waals surface area contributed by atoms with Crippen molar-refractivity contribution in [1.29, 1.82) is 0 Å². The Morgan fingerprint density at radius 3 is 2.17 bits per heavy atom. The molecular formula is C19H25N5O5. The van der Waals surface area contributed by atoms with E-state index < -0.39 is 16.5 Å². The Kier molecular flexibility index (Phi) is 5.71. The van der Waals surface area contributed by atoms with Crippen molar-refractivity contribution in [3.8, 4) is 0 Å². The normalized spacial score (nSPS) is 18.8. The molecule has 29 heavy (non-hydrogen) atoms. The summed E-state index contributed by atoms with van der Waals surface area (Å²) < 4.78 is 0. The molecule has 0 aliphatic carbocycles. The number of piperazine rings is 1. The van der Waals surface area contributed by atoms with Crippen LogP contribution in [0.2, 0.25) is 0 Å². The molecule has 2 aliphatic heterocycles. The maximum atomic E-state index is 12.7. The molecule has 0 radical (unpaired) electrons. The van der Waals surface area contributed by atoms with Crippen LogP contribution in [0.4, 0.5) is 16.2 Å². The van der Waals surface area contributed by atoms with Crippen molar-refractivity contribution >= 4 is 29.2 Å². The van der Waals surface area contributed by atoms with E-state index in [1.54, 1.807) is 17.0 Å². The van der Waals surface area contributed by atoms with E-state index >= 15 is 0 Å². The Bertz CT molecular complexity index is 813. The van der Waals surface area contributed by atoms with Crippen molar-refractivity contribution in [2.24, 2.45) is 0 Å². The highest BCUT2D eigenvalue weighted by Gasteiger charge is 2.49. The first-order valence-electron chi connectivity index (χ1n) is 9.72. The molecule has 1 N–H and O–H groups in total. The Labute approximate surface area is 168 Å². The minimum Gasteiger partial charge on any atom is -0.368 e. The number of carbonyl (C=O) groups excluding carboxylic acids is 3. The molecule has 2 aliphatic rings. The van der Waals surface area contributed by atoms with Crippen molar-refractivity contribution in [1.82, 2.24) is 15.1 Å². The molecule has 2 saturated heterocycles. The number of nitro benzene ring substituents is 1. The third-order valence-corrected chi connectivity index (χ3v) is 5.80. The van der Waals surface area contributed by atoms with Gasteiger partial charge < -0.3 is 15.1 Å². The second-order valence-electron chi connectivity index (χ2n) is 7.25. The van der Waals surface area contributed by atoms with Gasteiger partial charge >= 0.3 is 6.03 Å². The van der Waals surface area contributed by atoms with Gasteiger partial charge in [0.25, 0.3) is 11.6 Å².